The molecule has 0 aromatic heterocycles. The van der Waals surface area contributed by atoms with Gasteiger partial charge in [0.25, 0.3) is 0 Å². The monoisotopic (exact) mass is 297 g/mol. The summed E-state index contributed by atoms with van der Waals surface area (Å²) in [6, 6.07) is 14.0. The van der Waals surface area contributed by atoms with E-state index in [1.165, 1.54) is 0 Å². The molecule has 1 heterocycles. The van der Waals surface area contributed by atoms with E-state index >= 15 is 0 Å². The Morgan fingerprint density at radius 1 is 1.14 bits per heavy atom. The van der Waals surface area contributed by atoms with Crippen LogP contribution in [0.15, 0.2) is 42.5 Å². The average molecular weight is 297 g/mol. The number of benzene rings is 2. The fourth-order valence-electron chi connectivity index (χ4n) is 3.13. The fourth-order valence-corrected chi connectivity index (χ4v) is 3.13. The third-order valence-electron chi connectivity index (χ3n) is 4.34. The Morgan fingerprint density at radius 3 is 2.73 bits per heavy atom. The molecule has 0 aliphatic carbocycles. The molecule has 1 atom stereocenters. The van der Waals surface area contributed by atoms with Gasteiger partial charge in [-0.05, 0) is 29.2 Å². The van der Waals surface area contributed by atoms with Crippen molar-refractivity contribution >= 4 is 22.6 Å². The molecule has 0 bridgehead atoms. The number of fused-ring (bicyclic) bond motifs is 1. The smallest absolute Gasteiger partial charge is 0.308 e. The number of carbonyl (C=O) groups excluding carboxylic acids is 1. The topological polar surface area (TPSA) is 57.6 Å². The number of piperidine rings is 1. The molecular formula is C18H19NO3. The van der Waals surface area contributed by atoms with Gasteiger partial charge in [-0.3, -0.25) is 9.59 Å². The van der Waals surface area contributed by atoms with E-state index in [0.717, 1.165) is 22.8 Å². The summed E-state index contributed by atoms with van der Waals surface area (Å²) in [6.07, 6.45) is 1.75. The molecule has 4 heteroatoms. The van der Waals surface area contributed by atoms with E-state index in [9.17, 15) is 9.59 Å². The van der Waals surface area contributed by atoms with Crippen molar-refractivity contribution in [3.05, 3.63) is 48.0 Å². The Balaban J connectivity index is 1.77. The van der Waals surface area contributed by atoms with Gasteiger partial charge in [-0.1, -0.05) is 42.5 Å². The summed E-state index contributed by atoms with van der Waals surface area (Å²) in [5.74, 6) is -1.21. The third-order valence-corrected chi connectivity index (χ3v) is 4.34. The Kier molecular flexibility index (Phi) is 4.09. The maximum atomic E-state index is 12.5. The third kappa shape index (κ3) is 2.96. The van der Waals surface area contributed by atoms with Gasteiger partial charge in [0.2, 0.25) is 5.91 Å². The molecule has 1 aliphatic rings. The van der Waals surface area contributed by atoms with Crippen LogP contribution in [0.5, 0.6) is 0 Å². The van der Waals surface area contributed by atoms with E-state index in [0.29, 0.717) is 25.9 Å². The minimum absolute atomic E-state index is 0.0160. The van der Waals surface area contributed by atoms with Crippen LogP contribution in [-0.2, 0) is 16.0 Å². The predicted octanol–water partition coefficient (Wildman–Crippen LogP) is 2.71. The minimum atomic E-state index is -0.803. The zero-order chi connectivity index (χ0) is 15.5. The van der Waals surface area contributed by atoms with Crippen LogP contribution in [0.3, 0.4) is 0 Å². The molecule has 1 saturated heterocycles. The van der Waals surface area contributed by atoms with Crippen LogP contribution < -0.4 is 0 Å². The molecule has 3 rings (SSSR count). The lowest BCUT2D eigenvalue weighted by atomic mass is 9.97. The van der Waals surface area contributed by atoms with Crippen LogP contribution in [0, 0.1) is 5.92 Å². The second-order valence-electron chi connectivity index (χ2n) is 5.83. The number of nitrogens with zero attached hydrogens (tertiary/aromatic N) is 1. The van der Waals surface area contributed by atoms with Gasteiger partial charge in [0, 0.05) is 13.1 Å². The number of hydrogen-bond donors (Lipinski definition) is 1. The molecule has 1 amide bonds. The maximum absolute atomic E-state index is 12.5. The van der Waals surface area contributed by atoms with Gasteiger partial charge in [0.1, 0.15) is 0 Å². The molecular weight excluding hydrogens is 278 g/mol. The first-order valence-electron chi connectivity index (χ1n) is 7.62. The number of carboxylic acid groups (broad SMARTS) is 1. The lowest BCUT2D eigenvalue weighted by molar-refractivity contribution is -0.145. The molecule has 0 spiro atoms. The molecule has 0 saturated carbocycles. The van der Waals surface area contributed by atoms with Crippen molar-refractivity contribution < 1.29 is 14.7 Å². The number of amides is 1. The van der Waals surface area contributed by atoms with E-state index in [2.05, 4.69) is 0 Å². The van der Waals surface area contributed by atoms with Crippen LogP contribution in [-0.4, -0.2) is 35.0 Å². The molecule has 0 radical (unpaired) electrons. The van der Waals surface area contributed by atoms with Crippen LogP contribution in [0.2, 0.25) is 0 Å². The number of likely N-dealkylation sites (tertiary alicyclic amines) is 1. The van der Waals surface area contributed by atoms with Gasteiger partial charge in [-0.25, -0.2) is 0 Å². The Bertz CT molecular complexity index is 705. The molecule has 1 aliphatic heterocycles. The normalized spacial score (nSPS) is 18.4. The van der Waals surface area contributed by atoms with Gasteiger partial charge in [-0.15, -0.1) is 0 Å². The number of aliphatic carboxylic acids is 1. The zero-order valence-electron chi connectivity index (χ0n) is 12.4. The maximum Gasteiger partial charge on any atom is 0.308 e. The largest absolute Gasteiger partial charge is 0.481 e. The highest BCUT2D eigenvalue weighted by Gasteiger charge is 2.28. The van der Waals surface area contributed by atoms with Gasteiger partial charge in [0.15, 0.2) is 0 Å². The SMILES string of the molecule is O=C(O)[C@H]1CCCN(C(=O)Cc2cccc3ccccc23)C1. The molecule has 22 heavy (non-hydrogen) atoms. The first-order valence-corrected chi connectivity index (χ1v) is 7.62. The highest BCUT2D eigenvalue weighted by atomic mass is 16.4. The van der Waals surface area contributed by atoms with Crippen molar-refractivity contribution in [2.45, 2.75) is 19.3 Å². The van der Waals surface area contributed by atoms with Crippen LogP contribution in [0.25, 0.3) is 10.8 Å². The van der Waals surface area contributed by atoms with Crippen LogP contribution in [0.1, 0.15) is 18.4 Å². The summed E-state index contributed by atoms with van der Waals surface area (Å²) in [5.41, 5.74) is 1.00. The molecule has 0 unspecified atom stereocenters. The average Bonchev–Trinajstić information content (AvgIpc) is 2.55. The molecule has 4 nitrogen and oxygen atoms in total. The Morgan fingerprint density at radius 2 is 1.91 bits per heavy atom. The number of hydrogen-bond acceptors (Lipinski definition) is 2. The Hall–Kier alpha value is -2.36. The summed E-state index contributed by atoms with van der Waals surface area (Å²) < 4.78 is 0. The first-order chi connectivity index (χ1) is 10.6. The quantitative estimate of drug-likeness (QED) is 0.947. The summed E-state index contributed by atoms with van der Waals surface area (Å²) in [7, 11) is 0. The van der Waals surface area contributed by atoms with E-state index in [-0.39, 0.29) is 5.91 Å². The van der Waals surface area contributed by atoms with E-state index in [4.69, 9.17) is 5.11 Å². The van der Waals surface area contributed by atoms with Crippen molar-refractivity contribution in [2.24, 2.45) is 5.92 Å². The highest BCUT2D eigenvalue weighted by molar-refractivity contribution is 5.90. The summed E-state index contributed by atoms with van der Waals surface area (Å²) in [4.78, 5) is 25.3. The van der Waals surface area contributed by atoms with Crippen LogP contribution in [0.4, 0.5) is 0 Å². The Labute approximate surface area is 129 Å². The molecule has 1 fully saturated rings. The predicted molar refractivity (Wildman–Crippen MR) is 84.6 cm³/mol. The summed E-state index contributed by atoms with van der Waals surface area (Å²) in [6.45, 7) is 0.992. The fraction of sp³-hybridized carbons (Fsp3) is 0.333. The molecule has 2 aromatic carbocycles. The number of rotatable bonds is 3. The molecule has 1 N–H and O–H groups in total. The first kappa shape index (κ1) is 14.6. The van der Waals surface area contributed by atoms with Gasteiger partial charge >= 0.3 is 5.97 Å². The lowest BCUT2D eigenvalue weighted by Gasteiger charge is -2.31. The van der Waals surface area contributed by atoms with Crippen molar-refractivity contribution in [1.29, 1.82) is 0 Å². The molecule has 2 aromatic rings. The second kappa shape index (κ2) is 6.18. The number of carbonyl (C=O) groups is 2. The van der Waals surface area contributed by atoms with Gasteiger partial charge in [0.05, 0.1) is 12.3 Å². The zero-order valence-corrected chi connectivity index (χ0v) is 12.4. The molecule has 114 valence electrons. The van der Waals surface area contributed by atoms with E-state index in [1.807, 2.05) is 42.5 Å². The van der Waals surface area contributed by atoms with E-state index in [1.54, 1.807) is 4.90 Å². The summed E-state index contributed by atoms with van der Waals surface area (Å²) >= 11 is 0. The highest BCUT2D eigenvalue weighted by Crippen LogP contribution is 2.21. The van der Waals surface area contributed by atoms with Crippen LogP contribution >= 0.6 is 0 Å². The summed E-state index contributed by atoms with van der Waals surface area (Å²) in [5, 5.41) is 11.3. The van der Waals surface area contributed by atoms with Gasteiger partial charge in [-0.2, -0.15) is 0 Å². The van der Waals surface area contributed by atoms with E-state index < -0.39 is 11.9 Å². The van der Waals surface area contributed by atoms with Crippen molar-refractivity contribution in [3.63, 3.8) is 0 Å². The number of carboxylic acids is 1. The standard InChI is InChI=1S/C18H19NO3/c20-17(19-10-4-8-15(12-19)18(21)22)11-14-7-3-6-13-5-1-2-9-16(13)14/h1-3,5-7,9,15H,4,8,10-12H2,(H,21,22)/t15-/m0/s1. The minimum Gasteiger partial charge on any atom is -0.481 e. The van der Waals surface area contributed by atoms with Crippen molar-refractivity contribution in [1.82, 2.24) is 4.90 Å². The van der Waals surface area contributed by atoms with Crippen molar-refractivity contribution in [2.75, 3.05) is 13.1 Å². The second-order valence-corrected chi connectivity index (χ2v) is 5.83. The van der Waals surface area contributed by atoms with Gasteiger partial charge < -0.3 is 10.0 Å². The lowest BCUT2D eigenvalue weighted by Crippen LogP contribution is -2.43. The van der Waals surface area contributed by atoms with Crippen molar-refractivity contribution in [3.8, 4) is 0 Å².